The van der Waals surface area contributed by atoms with Crippen LogP contribution in [0, 0.1) is 11.3 Å². The third kappa shape index (κ3) is 1.55. The lowest BCUT2D eigenvalue weighted by Gasteiger charge is -1.94. The zero-order chi connectivity index (χ0) is 10.7. The maximum Gasteiger partial charge on any atom is 0.329 e. The van der Waals surface area contributed by atoms with Gasteiger partial charge in [-0.15, -0.1) is 0 Å². The molecule has 0 saturated carbocycles. The Morgan fingerprint density at radius 2 is 2.07 bits per heavy atom. The predicted molar refractivity (Wildman–Crippen MR) is 53.2 cm³/mol. The van der Waals surface area contributed by atoms with Crippen molar-refractivity contribution in [3.63, 3.8) is 0 Å². The molecule has 1 aromatic heterocycles. The molecule has 2 aromatic rings. The van der Waals surface area contributed by atoms with E-state index in [1.54, 1.807) is 0 Å². The predicted octanol–water partition coefficient (Wildman–Crippen LogP) is 2.22. The van der Waals surface area contributed by atoms with Crippen LogP contribution in [0.25, 0.3) is 11.3 Å². The van der Waals surface area contributed by atoms with Crippen LogP contribution < -0.4 is 4.74 Å². The van der Waals surface area contributed by atoms with Crippen LogP contribution in [0.4, 0.5) is 0 Å². The van der Waals surface area contributed by atoms with E-state index in [0.717, 1.165) is 5.56 Å². The molecule has 15 heavy (non-hydrogen) atoms. The lowest BCUT2D eigenvalue weighted by Crippen LogP contribution is -1.84. The summed E-state index contributed by atoms with van der Waals surface area (Å²) in [6.45, 7) is 0. The first-order valence-electron chi connectivity index (χ1n) is 4.36. The smallest absolute Gasteiger partial charge is 0.329 e. The van der Waals surface area contributed by atoms with E-state index in [-0.39, 0.29) is 5.95 Å². The van der Waals surface area contributed by atoms with Crippen molar-refractivity contribution in [1.29, 1.82) is 5.26 Å². The van der Waals surface area contributed by atoms with Crippen molar-refractivity contribution in [2.75, 3.05) is 7.11 Å². The highest BCUT2D eigenvalue weighted by atomic mass is 16.6. The molecular weight excluding hydrogens is 192 g/mol. The maximum atomic E-state index is 8.95. The Kier molecular flexibility index (Phi) is 2.38. The SMILES string of the molecule is COc1onc(-c2ccccc2)c1C#N. The van der Waals surface area contributed by atoms with Gasteiger partial charge >= 0.3 is 5.95 Å². The maximum absolute atomic E-state index is 8.95. The van der Waals surface area contributed by atoms with Crippen molar-refractivity contribution < 1.29 is 9.26 Å². The van der Waals surface area contributed by atoms with Crippen LogP contribution in [0.1, 0.15) is 5.56 Å². The minimum Gasteiger partial charge on any atom is -0.466 e. The fourth-order valence-corrected chi connectivity index (χ4v) is 1.31. The van der Waals surface area contributed by atoms with Gasteiger partial charge in [0, 0.05) is 5.56 Å². The van der Waals surface area contributed by atoms with Crippen molar-refractivity contribution in [2.45, 2.75) is 0 Å². The molecule has 0 amide bonds. The summed E-state index contributed by atoms with van der Waals surface area (Å²) in [4.78, 5) is 0. The molecule has 2 rings (SSSR count). The first-order chi connectivity index (χ1) is 7.36. The van der Waals surface area contributed by atoms with Crippen LogP contribution in [-0.2, 0) is 0 Å². The minimum absolute atomic E-state index is 0.149. The van der Waals surface area contributed by atoms with Gasteiger partial charge in [0.05, 0.1) is 7.11 Å². The molecule has 0 saturated heterocycles. The van der Waals surface area contributed by atoms with Gasteiger partial charge in [-0.2, -0.15) is 5.26 Å². The molecule has 74 valence electrons. The number of rotatable bonds is 2. The minimum atomic E-state index is 0.149. The molecule has 0 aliphatic carbocycles. The van der Waals surface area contributed by atoms with E-state index in [1.807, 2.05) is 36.4 Å². The molecule has 0 fully saturated rings. The summed E-state index contributed by atoms with van der Waals surface area (Å²) < 4.78 is 9.78. The lowest BCUT2D eigenvalue weighted by molar-refractivity contribution is 0.260. The Hall–Kier alpha value is -2.28. The Bertz CT molecular complexity index is 497. The molecule has 0 radical (unpaired) electrons. The summed E-state index contributed by atoms with van der Waals surface area (Å²) in [5.41, 5.74) is 1.67. The standard InChI is InChI=1S/C11H8N2O2/c1-14-11-9(7-12)10(13-15-11)8-5-3-2-4-6-8/h2-6H,1H3. The Labute approximate surface area is 86.7 Å². The fraction of sp³-hybridized carbons (Fsp3) is 0.0909. The van der Waals surface area contributed by atoms with Gasteiger partial charge in [-0.25, -0.2) is 0 Å². The molecule has 0 aliphatic rings. The second kappa shape index (κ2) is 3.84. The molecule has 0 atom stereocenters. The molecular formula is C11H8N2O2. The van der Waals surface area contributed by atoms with Gasteiger partial charge in [0.1, 0.15) is 11.8 Å². The molecule has 0 N–H and O–H groups in total. The first kappa shape index (κ1) is 9.28. The van der Waals surface area contributed by atoms with Gasteiger partial charge in [0.15, 0.2) is 5.56 Å². The molecule has 1 aromatic carbocycles. The van der Waals surface area contributed by atoms with Crippen LogP contribution in [0.15, 0.2) is 34.9 Å². The van der Waals surface area contributed by atoms with Gasteiger partial charge in [-0.1, -0.05) is 35.5 Å². The van der Waals surface area contributed by atoms with E-state index in [4.69, 9.17) is 14.5 Å². The number of hydrogen-bond acceptors (Lipinski definition) is 4. The van der Waals surface area contributed by atoms with Crippen LogP contribution in [0.2, 0.25) is 0 Å². The van der Waals surface area contributed by atoms with Crippen molar-refractivity contribution in [3.05, 3.63) is 35.9 Å². The molecule has 1 heterocycles. The molecule has 0 spiro atoms. The second-order valence-electron chi connectivity index (χ2n) is 2.88. The molecule has 0 unspecified atom stereocenters. The monoisotopic (exact) mass is 200 g/mol. The van der Waals surface area contributed by atoms with Gasteiger partial charge in [-0.3, -0.25) is 0 Å². The number of nitrogens with zero attached hydrogens (tertiary/aromatic N) is 2. The van der Waals surface area contributed by atoms with Crippen molar-refractivity contribution in [2.24, 2.45) is 0 Å². The Morgan fingerprint density at radius 3 is 2.67 bits per heavy atom. The summed E-state index contributed by atoms with van der Waals surface area (Å²) in [6, 6.07) is 11.4. The molecule has 4 heteroatoms. The number of aromatic nitrogens is 1. The Balaban J connectivity index is 2.55. The van der Waals surface area contributed by atoms with Crippen molar-refractivity contribution >= 4 is 0 Å². The number of benzene rings is 1. The summed E-state index contributed by atoms with van der Waals surface area (Å²) in [5.74, 6) is 0.149. The van der Waals surface area contributed by atoms with E-state index in [1.165, 1.54) is 7.11 Å². The van der Waals surface area contributed by atoms with Crippen LogP contribution in [-0.4, -0.2) is 12.3 Å². The van der Waals surface area contributed by atoms with Gasteiger partial charge in [0.25, 0.3) is 0 Å². The normalized spacial score (nSPS) is 9.60. The average molecular weight is 200 g/mol. The van der Waals surface area contributed by atoms with E-state index >= 15 is 0 Å². The topological polar surface area (TPSA) is 59.1 Å². The van der Waals surface area contributed by atoms with E-state index < -0.39 is 0 Å². The number of ether oxygens (including phenoxy) is 1. The third-order valence-corrected chi connectivity index (χ3v) is 2.01. The fourth-order valence-electron chi connectivity index (χ4n) is 1.31. The van der Waals surface area contributed by atoms with E-state index in [2.05, 4.69) is 5.16 Å². The quantitative estimate of drug-likeness (QED) is 0.745. The van der Waals surface area contributed by atoms with Crippen molar-refractivity contribution in [3.8, 4) is 23.3 Å². The zero-order valence-corrected chi connectivity index (χ0v) is 8.10. The van der Waals surface area contributed by atoms with Crippen LogP contribution >= 0.6 is 0 Å². The van der Waals surface area contributed by atoms with Gasteiger partial charge in [-0.05, 0) is 0 Å². The molecule has 4 nitrogen and oxygen atoms in total. The number of methoxy groups -OCH3 is 1. The summed E-state index contributed by atoms with van der Waals surface area (Å²) in [6.07, 6.45) is 0. The largest absolute Gasteiger partial charge is 0.466 e. The number of hydrogen-bond donors (Lipinski definition) is 0. The average Bonchev–Trinajstić information content (AvgIpc) is 2.72. The van der Waals surface area contributed by atoms with Crippen LogP contribution in [0.3, 0.4) is 0 Å². The summed E-state index contributed by atoms with van der Waals surface area (Å²) >= 11 is 0. The highest BCUT2D eigenvalue weighted by Crippen LogP contribution is 2.28. The molecule has 0 bridgehead atoms. The lowest BCUT2D eigenvalue weighted by atomic mass is 10.1. The van der Waals surface area contributed by atoms with Crippen molar-refractivity contribution in [1.82, 2.24) is 5.16 Å². The Morgan fingerprint density at radius 1 is 1.33 bits per heavy atom. The third-order valence-electron chi connectivity index (χ3n) is 2.01. The highest BCUT2D eigenvalue weighted by molar-refractivity contribution is 5.68. The van der Waals surface area contributed by atoms with Crippen LogP contribution in [0.5, 0.6) is 5.95 Å². The van der Waals surface area contributed by atoms with Gasteiger partial charge in [0.2, 0.25) is 0 Å². The second-order valence-corrected chi connectivity index (χ2v) is 2.88. The van der Waals surface area contributed by atoms with E-state index in [0.29, 0.717) is 11.3 Å². The molecule has 0 aliphatic heterocycles. The number of nitriles is 1. The first-order valence-corrected chi connectivity index (χ1v) is 4.36. The summed E-state index contributed by atoms with van der Waals surface area (Å²) in [5, 5.41) is 12.8. The van der Waals surface area contributed by atoms with E-state index in [9.17, 15) is 0 Å². The summed E-state index contributed by atoms with van der Waals surface area (Å²) in [7, 11) is 1.44. The van der Waals surface area contributed by atoms with Gasteiger partial charge < -0.3 is 9.26 Å². The zero-order valence-electron chi connectivity index (χ0n) is 8.10. The highest BCUT2D eigenvalue weighted by Gasteiger charge is 2.17.